The summed E-state index contributed by atoms with van der Waals surface area (Å²) in [4.78, 5) is 36.0. The number of urea groups is 1. The van der Waals surface area contributed by atoms with Gasteiger partial charge in [-0.05, 0) is 30.7 Å². The van der Waals surface area contributed by atoms with Crippen molar-refractivity contribution < 1.29 is 9.59 Å². The molecule has 0 saturated heterocycles. The number of aromatic nitrogens is 3. The van der Waals surface area contributed by atoms with Crippen LogP contribution >= 0.6 is 0 Å². The number of fused-ring (bicyclic) bond motifs is 1. The van der Waals surface area contributed by atoms with Crippen LogP contribution in [0.2, 0.25) is 0 Å². The molecule has 4 N–H and O–H groups in total. The molecule has 4 aromatic rings. The Morgan fingerprint density at radius 1 is 1.07 bits per heavy atom. The zero-order valence-corrected chi connectivity index (χ0v) is 15.1. The van der Waals surface area contributed by atoms with E-state index in [0.717, 1.165) is 16.5 Å². The van der Waals surface area contributed by atoms with E-state index >= 15 is 0 Å². The number of nitrogens with zero attached hydrogens (tertiary/aromatic N) is 2. The largest absolute Gasteiger partial charge is 0.351 e. The number of rotatable bonds is 4. The Labute approximate surface area is 160 Å². The predicted molar refractivity (Wildman–Crippen MR) is 107 cm³/mol. The number of pyridine rings is 2. The van der Waals surface area contributed by atoms with Crippen molar-refractivity contribution in [3.63, 3.8) is 0 Å². The molecule has 0 spiro atoms. The van der Waals surface area contributed by atoms with Crippen LogP contribution in [0.3, 0.4) is 0 Å². The number of H-pyrrole nitrogens is 1. The van der Waals surface area contributed by atoms with Gasteiger partial charge >= 0.3 is 6.03 Å². The number of nitrogens with two attached hydrogens (primary N) is 1. The fourth-order valence-electron chi connectivity index (χ4n) is 3.18. The molecule has 0 aliphatic heterocycles. The molecule has 4 rings (SSSR count). The highest BCUT2D eigenvalue weighted by Gasteiger charge is 2.19. The lowest BCUT2D eigenvalue weighted by Gasteiger charge is -2.10. The van der Waals surface area contributed by atoms with Gasteiger partial charge in [0.25, 0.3) is 0 Å². The summed E-state index contributed by atoms with van der Waals surface area (Å²) < 4.78 is 0. The smallest absolute Gasteiger partial charge is 0.316 e. The molecule has 2 amide bonds. The second kappa shape index (κ2) is 6.96. The molecule has 3 heterocycles. The number of ketones is 1. The molecule has 0 saturated carbocycles. The van der Waals surface area contributed by atoms with Crippen LogP contribution in [0.5, 0.6) is 0 Å². The normalized spacial score (nSPS) is 10.8. The van der Waals surface area contributed by atoms with Crippen LogP contribution < -0.4 is 11.1 Å². The monoisotopic (exact) mass is 371 g/mol. The van der Waals surface area contributed by atoms with E-state index in [9.17, 15) is 9.59 Å². The molecule has 0 aliphatic carbocycles. The van der Waals surface area contributed by atoms with E-state index in [1.807, 2.05) is 18.2 Å². The van der Waals surface area contributed by atoms with Crippen molar-refractivity contribution >= 4 is 28.5 Å². The van der Waals surface area contributed by atoms with Crippen molar-refractivity contribution in [2.75, 3.05) is 5.32 Å². The lowest BCUT2D eigenvalue weighted by Crippen LogP contribution is -2.20. The number of hydrogen-bond donors (Lipinski definition) is 3. The maximum Gasteiger partial charge on any atom is 0.316 e. The Morgan fingerprint density at radius 2 is 1.93 bits per heavy atom. The summed E-state index contributed by atoms with van der Waals surface area (Å²) in [7, 11) is 0. The molecule has 7 nitrogen and oxygen atoms in total. The van der Waals surface area contributed by atoms with E-state index < -0.39 is 6.03 Å². The highest BCUT2D eigenvalue weighted by atomic mass is 16.2. The molecule has 0 radical (unpaired) electrons. The van der Waals surface area contributed by atoms with E-state index in [1.54, 1.807) is 49.9 Å². The summed E-state index contributed by atoms with van der Waals surface area (Å²) >= 11 is 0. The minimum Gasteiger partial charge on any atom is -0.351 e. The van der Waals surface area contributed by atoms with Gasteiger partial charge in [-0.15, -0.1) is 0 Å². The van der Waals surface area contributed by atoms with Gasteiger partial charge in [0.2, 0.25) is 0 Å². The number of benzene rings is 1. The highest BCUT2D eigenvalue weighted by Crippen LogP contribution is 2.28. The Bertz CT molecular complexity index is 1200. The van der Waals surface area contributed by atoms with Crippen molar-refractivity contribution in [2.45, 2.75) is 6.92 Å². The summed E-state index contributed by atoms with van der Waals surface area (Å²) in [5, 5.41) is 3.26. The van der Waals surface area contributed by atoms with Crippen molar-refractivity contribution in [3.05, 3.63) is 77.9 Å². The van der Waals surface area contributed by atoms with Gasteiger partial charge in [0.1, 0.15) is 5.65 Å². The highest BCUT2D eigenvalue weighted by molar-refractivity contribution is 6.17. The second-order valence-electron chi connectivity index (χ2n) is 6.36. The zero-order valence-electron chi connectivity index (χ0n) is 15.1. The molecule has 0 bridgehead atoms. The van der Waals surface area contributed by atoms with E-state index in [2.05, 4.69) is 20.3 Å². The molecule has 28 heavy (non-hydrogen) atoms. The quantitative estimate of drug-likeness (QED) is 0.475. The lowest BCUT2D eigenvalue weighted by molar-refractivity contribution is 0.103. The van der Waals surface area contributed by atoms with Crippen LogP contribution in [0.1, 0.15) is 21.5 Å². The van der Waals surface area contributed by atoms with Crippen molar-refractivity contribution in [2.24, 2.45) is 5.73 Å². The Balaban J connectivity index is 1.79. The standard InChI is InChI=1S/C21H17N5O2/c1-12-15(5-2-6-18(12)26-21(22)28)19(27)17-11-25-20-16(17)8-14(10-24-20)13-4-3-7-23-9-13/h2-11H,1H3,(H,24,25)(H3,22,26,28). The SMILES string of the molecule is Cc1c(NC(N)=O)cccc1C(=O)c1c[nH]c2ncc(-c3cccnc3)cc12. The van der Waals surface area contributed by atoms with Gasteiger partial charge in [-0.1, -0.05) is 18.2 Å². The van der Waals surface area contributed by atoms with Crippen LogP contribution in [0.25, 0.3) is 22.2 Å². The zero-order chi connectivity index (χ0) is 19.7. The van der Waals surface area contributed by atoms with Crippen LogP contribution in [0.4, 0.5) is 10.5 Å². The first-order chi connectivity index (χ1) is 13.5. The molecule has 0 aliphatic rings. The average molecular weight is 371 g/mol. The molecule has 0 fully saturated rings. The number of hydrogen-bond acceptors (Lipinski definition) is 4. The van der Waals surface area contributed by atoms with Crippen molar-refractivity contribution in [1.29, 1.82) is 0 Å². The third-order valence-corrected chi connectivity index (χ3v) is 4.61. The van der Waals surface area contributed by atoms with E-state index in [0.29, 0.717) is 28.0 Å². The third kappa shape index (κ3) is 3.09. The lowest BCUT2D eigenvalue weighted by atomic mass is 9.97. The molecule has 0 unspecified atom stereocenters. The predicted octanol–water partition coefficient (Wildman–Crippen LogP) is 3.65. The number of aromatic amines is 1. The first-order valence-corrected chi connectivity index (χ1v) is 8.63. The Kier molecular flexibility index (Phi) is 4.33. The number of primary amides is 1. The van der Waals surface area contributed by atoms with E-state index in [4.69, 9.17) is 5.73 Å². The maximum atomic E-state index is 13.2. The summed E-state index contributed by atoms with van der Waals surface area (Å²) in [5.74, 6) is -0.165. The van der Waals surface area contributed by atoms with E-state index in [-0.39, 0.29) is 5.78 Å². The summed E-state index contributed by atoms with van der Waals surface area (Å²) in [5.41, 5.74) is 9.77. The fourth-order valence-corrected chi connectivity index (χ4v) is 3.18. The molecule has 138 valence electrons. The number of amides is 2. The molecule has 1 aromatic carbocycles. The minimum absolute atomic E-state index is 0.165. The van der Waals surface area contributed by atoms with Gasteiger partial charge in [-0.3, -0.25) is 9.78 Å². The van der Waals surface area contributed by atoms with Gasteiger partial charge in [-0.25, -0.2) is 9.78 Å². The molecular weight excluding hydrogens is 354 g/mol. The van der Waals surface area contributed by atoms with E-state index in [1.165, 1.54) is 0 Å². The molecule has 3 aromatic heterocycles. The van der Waals surface area contributed by atoms with Crippen molar-refractivity contribution in [3.8, 4) is 11.1 Å². The van der Waals surface area contributed by atoms with Crippen molar-refractivity contribution in [1.82, 2.24) is 15.0 Å². The maximum absolute atomic E-state index is 13.2. The number of carbonyl (C=O) groups excluding carboxylic acids is 2. The van der Waals surface area contributed by atoms with Gasteiger partial charge in [-0.2, -0.15) is 0 Å². The van der Waals surface area contributed by atoms with Crippen LogP contribution in [0.15, 0.2) is 61.2 Å². The summed E-state index contributed by atoms with van der Waals surface area (Å²) in [6.07, 6.45) is 6.85. The van der Waals surface area contributed by atoms with Gasteiger partial charge in [0.05, 0.1) is 0 Å². The Morgan fingerprint density at radius 3 is 2.68 bits per heavy atom. The van der Waals surface area contributed by atoms with Gasteiger partial charge < -0.3 is 16.0 Å². The van der Waals surface area contributed by atoms with Gasteiger partial charge in [0, 0.05) is 58.1 Å². The van der Waals surface area contributed by atoms with Crippen LogP contribution in [-0.2, 0) is 0 Å². The van der Waals surface area contributed by atoms with Gasteiger partial charge in [0.15, 0.2) is 5.78 Å². The summed E-state index contributed by atoms with van der Waals surface area (Å²) in [6, 6.07) is 10.2. The topological polar surface area (TPSA) is 114 Å². The van der Waals surface area contributed by atoms with Crippen LogP contribution in [-0.4, -0.2) is 26.8 Å². The Hall–Kier alpha value is -4.00. The average Bonchev–Trinajstić information content (AvgIpc) is 3.12. The fraction of sp³-hybridized carbons (Fsp3) is 0.0476. The first-order valence-electron chi connectivity index (χ1n) is 8.63. The second-order valence-corrected chi connectivity index (χ2v) is 6.36. The summed E-state index contributed by atoms with van der Waals surface area (Å²) in [6.45, 7) is 1.77. The molecule has 0 atom stereocenters. The van der Waals surface area contributed by atoms with Crippen LogP contribution in [0, 0.1) is 6.92 Å². The third-order valence-electron chi connectivity index (χ3n) is 4.61. The number of carbonyl (C=O) groups is 2. The first kappa shape index (κ1) is 17.4. The number of anilines is 1. The number of nitrogens with one attached hydrogen (secondary N) is 2. The minimum atomic E-state index is -0.676. The molecular formula is C21H17N5O2. The molecule has 7 heteroatoms.